The lowest BCUT2D eigenvalue weighted by molar-refractivity contribution is -0.116. The van der Waals surface area contributed by atoms with Crippen LogP contribution in [0.1, 0.15) is 18.1 Å². The van der Waals surface area contributed by atoms with Crippen molar-refractivity contribution < 1.29 is 13.2 Å². The zero-order valence-electron chi connectivity index (χ0n) is 12.8. The second-order valence-corrected chi connectivity index (χ2v) is 7.18. The number of nitrogens with zero attached hydrogens (tertiary/aromatic N) is 2. The third-order valence-corrected chi connectivity index (χ3v) is 4.53. The standard InChI is InChI=1S/C16H19N3O3S/c1-2-23(21,22)9-8-16(20)17-10-15-11-18-19(13-15)12-14-6-4-3-5-7-14/h3-9,11,13H,2,10,12H2,1H3,(H,17,20)/b9-8+. The summed E-state index contributed by atoms with van der Waals surface area (Å²) in [5.41, 5.74) is 1.99. The number of nitrogens with one attached hydrogen (secondary N) is 1. The van der Waals surface area contributed by atoms with E-state index in [2.05, 4.69) is 10.4 Å². The topological polar surface area (TPSA) is 81.1 Å². The fourth-order valence-electron chi connectivity index (χ4n) is 1.86. The molecule has 1 aromatic carbocycles. The molecule has 6 nitrogen and oxygen atoms in total. The molecule has 0 aliphatic rings. The van der Waals surface area contributed by atoms with Crippen LogP contribution in [-0.4, -0.2) is 29.9 Å². The van der Waals surface area contributed by atoms with Gasteiger partial charge in [-0.3, -0.25) is 9.48 Å². The highest BCUT2D eigenvalue weighted by molar-refractivity contribution is 7.94. The van der Waals surface area contributed by atoms with Crippen LogP contribution < -0.4 is 5.32 Å². The van der Waals surface area contributed by atoms with Crippen LogP contribution in [0.4, 0.5) is 0 Å². The molecule has 1 amide bonds. The number of rotatable bonds is 7. The molecular formula is C16H19N3O3S. The smallest absolute Gasteiger partial charge is 0.244 e. The van der Waals surface area contributed by atoms with Gasteiger partial charge in [-0.25, -0.2) is 8.42 Å². The molecule has 0 unspecified atom stereocenters. The minimum Gasteiger partial charge on any atom is -0.348 e. The van der Waals surface area contributed by atoms with Crippen LogP contribution in [0, 0.1) is 0 Å². The van der Waals surface area contributed by atoms with Gasteiger partial charge >= 0.3 is 0 Å². The Labute approximate surface area is 135 Å². The minimum atomic E-state index is -3.29. The maximum absolute atomic E-state index is 11.6. The van der Waals surface area contributed by atoms with E-state index in [1.54, 1.807) is 10.9 Å². The highest BCUT2D eigenvalue weighted by Crippen LogP contribution is 2.04. The Morgan fingerprint density at radius 1 is 1.26 bits per heavy atom. The first kappa shape index (κ1) is 17.0. The van der Waals surface area contributed by atoms with Crippen LogP contribution in [0.2, 0.25) is 0 Å². The van der Waals surface area contributed by atoms with Crippen LogP contribution in [0.5, 0.6) is 0 Å². The molecule has 1 N–H and O–H groups in total. The molecular weight excluding hydrogens is 314 g/mol. The molecule has 0 atom stereocenters. The number of sulfone groups is 1. The summed E-state index contributed by atoms with van der Waals surface area (Å²) in [5, 5.41) is 7.80. The van der Waals surface area contributed by atoms with Crippen molar-refractivity contribution in [1.82, 2.24) is 15.1 Å². The normalized spacial score (nSPS) is 11.7. The molecule has 7 heteroatoms. The summed E-state index contributed by atoms with van der Waals surface area (Å²) in [5.74, 6) is -0.471. The molecule has 2 aromatic rings. The molecule has 2 rings (SSSR count). The highest BCUT2D eigenvalue weighted by atomic mass is 32.2. The van der Waals surface area contributed by atoms with Crippen LogP contribution >= 0.6 is 0 Å². The summed E-state index contributed by atoms with van der Waals surface area (Å²) in [6, 6.07) is 9.93. The fourth-order valence-corrected chi connectivity index (χ4v) is 2.39. The van der Waals surface area contributed by atoms with Gasteiger partial charge in [0.05, 0.1) is 18.5 Å². The van der Waals surface area contributed by atoms with Gasteiger partial charge in [0.1, 0.15) is 0 Å². The van der Waals surface area contributed by atoms with Gasteiger partial charge in [0, 0.05) is 29.8 Å². The van der Waals surface area contributed by atoms with Crippen LogP contribution in [0.15, 0.2) is 54.2 Å². The predicted octanol–water partition coefficient (Wildman–Crippen LogP) is 1.50. The Morgan fingerprint density at radius 2 is 2.00 bits per heavy atom. The lowest BCUT2D eigenvalue weighted by atomic mass is 10.2. The summed E-state index contributed by atoms with van der Waals surface area (Å²) in [7, 11) is -3.29. The first-order valence-electron chi connectivity index (χ1n) is 7.22. The second-order valence-electron chi connectivity index (χ2n) is 5.00. The van der Waals surface area contributed by atoms with Gasteiger partial charge in [0.15, 0.2) is 9.84 Å². The number of hydrogen-bond donors (Lipinski definition) is 1. The van der Waals surface area contributed by atoms with E-state index < -0.39 is 15.7 Å². The predicted molar refractivity (Wildman–Crippen MR) is 88.2 cm³/mol. The summed E-state index contributed by atoms with van der Waals surface area (Å²) >= 11 is 0. The van der Waals surface area contributed by atoms with E-state index in [4.69, 9.17) is 0 Å². The van der Waals surface area contributed by atoms with E-state index in [1.165, 1.54) is 6.92 Å². The van der Waals surface area contributed by atoms with Gasteiger partial charge in [-0.2, -0.15) is 5.10 Å². The molecule has 0 spiro atoms. The average molecular weight is 333 g/mol. The molecule has 122 valence electrons. The molecule has 0 aliphatic carbocycles. The van der Waals surface area contributed by atoms with E-state index in [9.17, 15) is 13.2 Å². The Morgan fingerprint density at radius 3 is 2.70 bits per heavy atom. The van der Waals surface area contributed by atoms with Crippen molar-refractivity contribution in [2.45, 2.75) is 20.0 Å². The van der Waals surface area contributed by atoms with Crippen molar-refractivity contribution in [3.63, 3.8) is 0 Å². The summed E-state index contributed by atoms with van der Waals surface area (Å²) in [6.45, 7) is 2.48. The Kier molecular flexibility index (Phi) is 5.70. The highest BCUT2D eigenvalue weighted by Gasteiger charge is 2.04. The zero-order chi connectivity index (χ0) is 16.7. The monoisotopic (exact) mass is 333 g/mol. The van der Waals surface area contributed by atoms with Gasteiger partial charge in [0.25, 0.3) is 0 Å². The van der Waals surface area contributed by atoms with Crippen molar-refractivity contribution in [3.8, 4) is 0 Å². The lowest BCUT2D eigenvalue weighted by Crippen LogP contribution is -2.20. The van der Waals surface area contributed by atoms with Crippen molar-refractivity contribution in [1.29, 1.82) is 0 Å². The summed E-state index contributed by atoms with van der Waals surface area (Å²) < 4.78 is 24.3. The average Bonchev–Trinajstić information content (AvgIpc) is 2.99. The van der Waals surface area contributed by atoms with Gasteiger partial charge in [-0.15, -0.1) is 0 Å². The number of benzene rings is 1. The van der Waals surface area contributed by atoms with E-state index in [1.807, 2.05) is 36.5 Å². The Balaban J connectivity index is 1.86. The van der Waals surface area contributed by atoms with Crippen LogP contribution in [0.3, 0.4) is 0 Å². The van der Waals surface area contributed by atoms with Crippen molar-refractivity contribution in [2.75, 3.05) is 5.75 Å². The minimum absolute atomic E-state index is 0.0248. The van der Waals surface area contributed by atoms with Crippen LogP contribution in [-0.2, 0) is 27.7 Å². The second kappa shape index (κ2) is 7.73. The van der Waals surface area contributed by atoms with Gasteiger partial charge in [-0.05, 0) is 5.56 Å². The van der Waals surface area contributed by atoms with Crippen molar-refractivity contribution in [3.05, 3.63) is 65.3 Å². The molecule has 0 radical (unpaired) electrons. The van der Waals surface area contributed by atoms with Gasteiger partial charge in [-0.1, -0.05) is 37.3 Å². The van der Waals surface area contributed by atoms with Crippen molar-refractivity contribution >= 4 is 15.7 Å². The molecule has 1 aromatic heterocycles. The maximum atomic E-state index is 11.6. The first-order valence-corrected chi connectivity index (χ1v) is 8.94. The fraction of sp³-hybridized carbons (Fsp3) is 0.250. The summed E-state index contributed by atoms with van der Waals surface area (Å²) in [6.07, 6.45) is 4.56. The number of carbonyl (C=O) groups excluding carboxylic acids is 1. The third kappa shape index (κ3) is 5.71. The van der Waals surface area contributed by atoms with Gasteiger partial charge in [0.2, 0.25) is 5.91 Å². The van der Waals surface area contributed by atoms with E-state index in [0.717, 1.165) is 22.6 Å². The number of hydrogen-bond acceptors (Lipinski definition) is 4. The molecule has 1 heterocycles. The largest absolute Gasteiger partial charge is 0.348 e. The van der Waals surface area contributed by atoms with E-state index in [0.29, 0.717) is 13.1 Å². The lowest BCUT2D eigenvalue weighted by Gasteiger charge is -2.01. The zero-order valence-corrected chi connectivity index (χ0v) is 13.7. The number of aromatic nitrogens is 2. The molecule has 0 fully saturated rings. The molecule has 0 aliphatic heterocycles. The molecule has 0 bridgehead atoms. The Hall–Kier alpha value is -2.41. The number of carbonyl (C=O) groups is 1. The third-order valence-electron chi connectivity index (χ3n) is 3.17. The van der Waals surface area contributed by atoms with Crippen molar-refractivity contribution in [2.24, 2.45) is 0 Å². The van der Waals surface area contributed by atoms with E-state index >= 15 is 0 Å². The molecule has 23 heavy (non-hydrogen) atoms. The van der Waals surface area contributed by atoms with Gasteiger partial charge < -0.3 is 5.32 Å². The number of amides is 1. The Bertz CT molecular complexity index is 780. The molecule has 0 saturated carbocycles. The SMILES string of the molecule is CCS(=O)(=O)/C=C/C(=O)NCc1cnn(Cc2ccccc2)c1. The molecule has 0 saturated heterocycles. The first-order chi connectivity index (χ1) is 11.0. The van der Waals surface area contributed by atoms with Crippen LogP contribution in [0.25, 0.3) is 0 Å². The maximum Gasteiger partial charge on any atom is 0.244 e. The quantitative estimate of drug-likeness (QED) is 0.779. The van der Waals surface area contributed by atoms with E-state index in [-0.39, 0.29) is 5.75 Å². The summed E-state index contributed by atoms with van der Waals surface area (Å²) in [4.78, 5) is 11.6.